The van der Waals surface area contributed by atoms with Crippen molar-refractivity contribution in [2.45, 2.75) is 12.8 Å². The van der Waals surface area contributed by atoms with Gasteiger partial charge in [-0.2, -0.15) is 6.42 Å². The Kier molecular flexibility index (Phi) is 11.9. The molecule has 0 amide bonds. The van der Waals surface area contributed by atoms with Crippen LogP contribution in [0.4, 0.5) is 0 Å². The second-order valence-electron chi connectivity index (χ2n) is 1.64. The topological polar surface area (TPSA) is 12.0 Å². The van der Waals surface area contributed by atoms with E-state index >= 15 is 0 Å². The van der Waals surface area contributed by atoms with Crippen molar-refractivity contribution in [2.75, 3.05) is 13.1 Å². The molecule has 0 unspecified atom stereocenters. The maximum Gasteiger partial charge on any atom is 3.00 e. The molecule has 1 saturated heterocycles. The molecule has 1 N–H and O–H groups in total. The van der Waals surface area contributed by atoms with Crippen molar-refractivity contribution in [3.8, 4) is 0 Å². The van der Waals surface area contributed by atoms with Gasteiger partial charge in [-0.1, -0.05) is 6.42 Å². The van der Waals surface area contributed by atoms with E-state index < -0.39 is 0 Å². The molecule has 0 saturated carbocycles. The second-order valence-corrected chi connectivity index (χ2v) is 1.64. The number of rotatable bonds is 0. The van der Waals surface area contributed by atoms with E-state index in [4.69, 9.17) is 0 Å². The van der Waals surface area contributed by atoms with E-state index in [0.717, 1.165) is 6.54 Å². The van der Waals surface area contributed by atoms with Gasteiger partial charge in [-0.3, -0.25) is 0 Å². The molecule has 2 heteroatoms. The molecule has 1 fully saturated rings. The Labute approximate surface area is 77.5 Å². The number of hydrogen-bond donors (Lipinski definition) is 1. The van der Waals surface area contributed by atoms with Crippen LogP contribution in [0.2, 0.25) is 0 Å². The minimum absolute atomic E-state index is 0. The van der Waals surface area contributed by atoms with Gasteiger partial charge in [0.05, 0.1) is 0 Å². The third kappa shape index (κ3) is 5.21. The van der Waals surface area contributed by atoms with Gasteiger partial charge in [0.25, 0.3) is 0 Å². The molecule has 0 bridgehead atoms. The normalized spacial score (nSPS) is 18.0. The Hall–Kier alpha value is 1.06. The summed E-state index contributed by atoms with van der Waals surface area (Å²) in [6.45, 7) is 2.34. The maximum atomic E-state index is 3.23. The first kappa shape index (κ1) is 11.8. The van der Waals surface area contributed by atoms with Crippen LogP contribution >= 0.6 is 0 Å². The maximum absolute atomic E-state index is 3.23. The van der Waals surface area contributed by atoms with Crippen LogP contribution in [0.25, 0.3) is 0 Å². The predicted molar refractivity (Wildman–Crippen MR) is 32.8 cm³/mol. The Morgan fingerprint density at radius 1 is 1.38 bits per heavy atom. The molecule has 0 aromatic heterocycles. The molecular weight excluding hydrogens is 175 g/mol. The van der Waals surface area contributed by atoms with E-state index in [9.17, 15) is 0 Å². The molecular formula is C6H13NY+. The number of piperidine rings is 1. The Balaban J connectivity index is 0. The van der Waals surface area contributed by atoms with Gasteiger partial charge in [0.15, 0.2) is 0 Å². The van der Waals surface area contributed by atoms with Crippen LogP contribution in [-0.2, 0) is 32.7 Å². The van der Waals surface area contributed by atoms with Crippen molar-refractivity contribution < 1.29 is 32.7 Å². The third-order valence-electron chi connectivity index (χ3n) is 1.05. The first-order valence-corrected chi connectivity index (χ1v) is 2.52. The summed E-state index contributed by atoms with van der Waals surface area (Å²) < 4.78 is 0. The smallest absolute Gasteiger partial charge is 0.358 e. The fraction of sp³-hybridized carbons (Fsp3) is 0.667. The van der Waals surface area contributed by atoms with Gasteiger partial charge >= 0.3 is 32.7 Å². The second kappa shape index (κ2) is 8.06. The third-order valence-corrected chi connectivity index (χ3v) is 1.05. The molecule has 1 rings (SSSR count). The predicted octanol–water partition coefficient (Wildman–Crippen LogP) is 1.02. The van der Waals surface area contributed by atoms with Crippen LogP contribution < -0.4 is 5.32 Å². The summed E-state index contributed by atoms with van der Waals surface area (Å²) in [5, 5.41) is 3.23. The van der Waals surface area contributed by atoms with Gasteiger partial charge in [-0.15, -0.1) is 6.54 Å². The number of hydrogen-bond acceptors (Lipinski definition) is 1. The van der Waals surface area contributed by atoms with E-state index in [1.165, 1.54) is 19.4 Å². The van der Waals surface area contributed by atoms with Crippen molar-refractivity contribution in [1.82, 2.24) is 5.32 Å². The summed E-state index contributed by atoms with van der Waals surface area (Å²) in [6.07, 6.45) is 4.93. The summed E-state index contributed by atoms with van der Waals surface area (Å²) in [7, 11) is 0. The summed E-state index contributed by atoms with van der Waals surface area (Å²) >= 11 is 0. The molecule has 1 heterocycles. The zero-order chi connectivity index (χ0) is 4.24. The van der Waals surface area contributed by atoms with Crippen LogP contribution in [0.1, 0.15) is 12.8 Å². The zero-order valence-electron chi connectivity index (χ0n) is 5.48. The Morgan fingerprint density at radius 3 is 2.25 bits per heavy atom. The van der Waals surface area contributed by atoms with E-state index in [-0.39, 0.29) is 40.1 Å². The van der Waals surface area contributed by atoms with E-state index in [0.29, 0.717) is 0 Å². The molecule has 0 aromatic rings. The Morgan fingerprint density at radius 2 is 2.12 bits per heavy atom. The van der Waals surface area contributed by atoms with Crippen molar-refractivity contribution in [3.63, 3.8) is 0 Å². The van der Waals surface area contributed by atoms with Gasteiger partial charge in [0.2, 0.25) is 0 Å². The van der Waals surface area contributed by atoms with Gasteiger partial charge in [0.1, 0.15) is 0 Å². The zero-order valence-corrected chi connectivity index (χ0v) is 8.32. The first-order chi connectivity index (χ1) is 3.00. The Bertz CT molecular complexity index is 24.0. The molecule has 1 nitrogen and oxygen atoms in total. The average molecular weight is 188 g/mol. The van der Waals surface area contributed by atoms with Crippen LogP contribution in [0, 0.1) is 13.8 Å². The van der Waals surface area contributed by atoms with Crippen LogP contribution in [-0.4, -0.2) is 13.1 Å². The van der Waals surface area contributed by atoms with Crippen LogP contribution in [0.5, 0.6) is 0 Å². The summed E-state index contributed by atoms with van der Waals surface area (Å²) in [5.74, 6) is 0. The van der Waals surface area contributed by atoms with Crippen molar-refractivity contribution in [1.29, 1.82) is 0 Å². The fourth-order valence-electron chi connectivity index (χ4n) is 0.678. The van der Waals surface area contributed by atoms with Gasteiger partial charge in [-0.25, -0.2) is 0 Å². The number of nitrogens with one attached hydrogen (secondary N) is 1. The molecule has 0 radical (unpaired) electrons. The molecule has 1 aliphatic rings. The van der Waals surface area contributed by atoms with Crippen molar-refractivity contribution in [2.24, 2.45) is 0 Å². The quantitative estimate of drug-likeness (QED) is 0.559. The van der Waals surface area contributed by atoms with E-state index in [1.807, 2.05) is 0 Å². The van der Waals surface area contributed by atoms with Gasteiger partial charge in [0, 0.05) is 0 Å². The monoisotopic (exact) mass is 188 g/mol. The minimum atomic E-state index is 0. The molecule has 0 spiro atoms. The molecule has 0 aliphatic carbocycles. The van der Waals surface area contributed by atoms with Gasteiger partial charge < -0.3 is 19.2 Å². The molecule has 8 heavy (non-hydrogen) atoms. The largest absolute Gasteiger partial charge is 3.00 e. The standard InChI is InChI=1S/C5H10N.CH3.Y/c1-2-4-6-5-3-1;;/h2,6H,1,3-5H2;1H3;/q2*-1;+3. The first-order valence-electron chi connectivity index (χ1n) is 2.52. The van der Waals surface area contributed by atoms with Crippen LogP contribution in [0.3, 0.4) is 0 Å². The molecule has 44 valence electrons. The van der Waals surface area contributed by atoms with Crippen molar-refractivity contribution >= 4 is 0 Å². The molecule has 0 atom stereocenters. The van der Waals surface area contributed by atoms with E-state index in [2.05, 4.69) is 11.7 Å². The summed E-state index contributed by atoms with van der Waals surface area (Å²) in [5.41, 5.74) is 0. The fourth-order valence-corrected chi connectivity index (χ4v) is 0.678. The SMILES string of the molecule is [CH-]1CCCNC1.[CH3-].[Y+3]. The average Bonchev–Trinajstić information content (AvgIpc) is 1.72. The van der Waals surface area contributed by atoms with Gasteiger partial charge in [-0.05, 0) is 6.54 Å². The summed E-state index contributed by atoms with van der Waals surface area (Å²) in [4.78, 5) is 0. The van der Waals surface area contributed by atoms with E-state index in [1.54, 1.807) is 0 Å². The minimum Gasteiger partial charge on any atom is -0.358 e. The molecule has 0 aromatic carbocycles. The van der Waals surface area contributed by atoms with Crippen molar-refractivity contribution in [3.05, 3.63) is 13.8 Å². The summed E-state index contributed by atoms with van der Waals surface area (Å²) in [6, 6.07) is 0. The molecule has 1 aliphatic heterocycles. The van der Waals surface area contributed by atoms with Crippen LogP contribution in [0.15, 0.2) is 0 Å².